The van der Waals surface area contributed by atoms with Crippen molar-refractivity contribution in [1.82, 2.24) is 9.97 Å². The summed E-state index contributed by atoms with van der Waals surface area (Å²) in [6.07, 6.45) is 5.65. The van der Waals surface area contributed by atoms with Crippen LogP contribution in [-0.4, -0.2) is 21.9 Å². The molecule has 5 heteroatoms. The van der Waals surface area contributed by atoms with Crippen LogP contribution in [0.5, 0.6) is 0 Å². The van der Waals surface area contributed by atoms with Crippen LogP contribution in [0.2, 0.25) is 0 Å². The van der Waals surface area contributed by atoms with E-state index in [0.717, 1.165) is 34.0 Å². The molecule has 0 fully saturated rings. The molecule has 0 aliphatic carbocycles. The van der Waals surface area contributed by atoms with E-state index in [0.29, 0.717) is 11.9 Å². The van der Waals surface area contributed by atoms with Crippen LogP contribution in [-0.2, 0) is 0 Å². The number of anilines is 1. The van der Waals surface area contributed by atoms with Crippen molar-refractivity contribution < 1.29 is 0 Å². The van der Waals surface area contributed by atoms with Crippen molar-refractivity contribution in [2.24, 2.45) is 0 Å². The third-order valence-corrected chi connectivity index (χ3v) is 3.42. The van der Waals surface area contributed by atoms with Crippen LogP contribution < -0.4 is 5.32 Å². The molecule has 0 saturated heterocycles. The van der Waals surface area contributed by atoms with Crippen molar-refractivity contribution in [3.8, 4) is 0 Å². The normalized spacial score (nSPS) is 12.6. The van der Waals surface area contributed by atoms with Gasteiger partial charge in [0.25, 0.3) is 0 Å². The van der Waals surface area contributed by atoms with Gasteiger partial charge in [-0.25, -0.2) is 0 Å². The van der Waals surface area contributed by atoms with Crippen molar-refractivity contribution in [1.29, 1.82) is 0 Å². The Morgan fingerprint density at radius 2 is 2.28 bits per heavy atom. The van der Waals surface area contributed by atoms with Crippen molar-refractivity contribution in [2.75, 3.05) is 11.2 Å². The van der Waals surface area contributed by atoms with Crippen LogP contribution in [0.3, 0.4) is 0 Å². The molecule has 0 aliphatic rings. The molecule has 0 aliphatic heterocycles. The predicted octanol–water partition coefficient (Wildman–Crippen LogP) is 4.21. The number of hydrogen-bond donors (Lipinski definition) is 1. The average Bonchev–Trinajstić information content (AvgIpc) is 2.36. The second-order valence-electron chi connectivity index (χ2n) is 4.26. The Balaban J connectivity index is 2.22. The van der Waals surface area contributed by atoms with Gasteiger partial charge in [-0.3, -0.25) is 9.97 Å². The summed E-state index contributed by atoms with van der Waals surface area (Å²) < 4.78 is 0.940. The van der Waals surface area contributed by atoms with E-state index in [1.807, 2.05) is 12.1 Å². The van der Waals surface area contributed by atoms with Gasteiger partial charge in [-0.2, -0.15) is 0 Å². The van der Waals surface area contributed by atoms with Gasteiger partial charge in [-0.1, -0.05) is 0 Å². The molecule has 0 radical (unpaired) electrons. The smallest absolute Gasteiger partial charge is 0.112 e. The third kappa shape index (κ3) is 3.33. The van der Waals surface area contributed by atoms with Crippen LogP contribution in [0.4, 0.5) is 5.69 Å². The number of alkyl halides is 1. The maximum absolute atomic E-state index is 5.71. The molecule has 3 nitrogen and oxygen atoms in total. The van der Waals surface area contributed by atoms with E-state index in [2.05, 4.69) is 38.1 Å². The fourth-order valence-corrected chi connectivity index (χ4v) is 2.32. The van der Waals surface area contributed by atoms with Gasteiger partial charge in [-0.15, -0.1) is 11.6 Å². The van der Waals surface area contributed by atoms with Crippen molar-refractivity contribution >= 4 is 44.3 Å². The summed E-state index contributed by atoms with van der Waals surface area (Å²) in [6.45, 7) is 2.15. The van der Waals surface area contributed by atoms with E-state index in [-0.39, 0.29) is 0 Å². The Bertz CT molecular complexity index is 533. The number of rotatable bonds is 5. The molecule has 2 heterocycles. The molecule has 1 N–H and O–H groups in total. The maximum atomic E-state index is 5.71. The molecule has 0 aromatic carbocycles. The zero-order valence-corrected chi connectivity index (χ0v) is 12.5. The number of aromatic nitrogens is 2. The second kappa shape index (κ2) is 6.34. The molecule has 0 spiro atoms. The standard InChI is InChI=1S/C13H15BrClN3/c1-9(3-2-5-15)18-11-4-6-16-12-7-10(14)8-17-13(11)12/h4,6-9H,2-3,5H2,1H3,(H,16,18). The summed E-state index contributed by atoms with van der Waals surface area (Å²) in [4.78, 5) is 8.73. The minimum atomic E-state index is 0.375. The van der Waals surface area contributed by atoms with Gasteiger partial charge < -0.3 is 5.32 Å². The Morgan fingerprint density at radius 1 is 1.44 bits per heavy atom. The zero-order valence-electron chi connectivity index (χ0n) is 10.2. The average molecular weight is 329 g/mol. The monoisotopic (exact) mass is 327 g/mol. The molecule has 0 bridgehead atoms. The Labute approximate surface area is 120 Å². The molecule has 1 atom stereocenters. The first-order valence-corrected chi connectivity index (χ1v) is 7.26. The van der Waals surface area contributed by atoms with Gasteiger partial charge in [0.2, 0.25) is 0 Å². The minimum absolute atomic E-state index is 0.375. The Morgan fingerprint density at radius 3 is 3.06 bits per heavy atom. The first-order valence-electron chi connectivity index (χ1n) is 5.93. The quantitative estimate of drug-likeness (QED) is 0.835. The summed E-state index contributed by atoms with van der Waals surface area (Å²) in [7, 11) is 0. The van der Waals surface area contributed by atoms with Crippen LogP contribution in [0.15, 0.2) is 29.0 Å². The molecule has 18 heavy (non-hydrogen) atoms. The molecule has 1 unspecified atom stereocenters. The predicted molar refractivity (Wildman–Crippen MR) is 80.3 cm³/mol. The van der Waals surface area contributed by atoms with Gasteiger partial charge >= 0.3 is 0 Å². The van der Waals surface area contributed by atoms with Crippen LogP contribution in [0.25, 0.3) is 11.0 Å². The van der Waals surface area contributed by atoms with E-state index in [1.165, 1.54) is 0 Å². The Kier molecular flexibility index (Phi) is 4.78. The van der Waals surface area contributed by atoms with Gasteiger partial charge in [0.1, 0.15) is 5.52 Å². The topological polar surface area (TPSA) is 37.8 Å². The molecule has 2 rings (SSSR count). The minimum Gasteiger partial charge on any atom is -0.381 e. The summed E-state index contributed by atoms with van der Waals surface area (Å²) in [5.74, 6) is 0.703. The summed E-state index contributed by atoms with van der Waals surface area (Å²) >= 11 is 9.11. The van der Waals surface area contributed by atoms with E-state index >= 15 is 0 Å². The lowest BCUT2D eigenvalue weighted by molar-refractivity contribution is 0.694. The highest BCUT2D eigenvalue weighted by molar-refractivity contribution is 9.10. The number of fused-ring (bicyclic) bond motifs is 1. The first kappa shape index (κ1) is 13.6. The van der Waals surface area contributed by atoms with Gasteiger partial charge in [0.15, 0.2) is 0 Å². The van der Waals surface area contributed by atoms with Crippen LogP contribution >= 0.6 is 27.5 Å². The SMILES string of the molecule is CC(CCCCl)Nc1ccnc2cc(Br)cnc12. The summed E-state index contributed by atoms with van der Waals surface area (Å²) in [6, 6.07) is 4.30. The van der Waals surface area contributed by atoms with Crippen LogP contribution in [0, 0.1) is 0 Å². The lowest BCUT2D eigenvalue weighted by atomic mass is 10.2. The summed E-state index contributed by atoms with van der Waals surface area (Å²) in [5, 5.41) is 3.46. The van der Waals surface area contributed by atoms with Gasteiger partial charge in [0, 0.05) is 28.8 Å². The lowest BCUT2D eigenvalue weighted by Gasteiger charge is -2.15. The number of pyridine rings is 2. The highest BCUT2D eigenvalue weighted by atomic mass is 79.9. The molecular weight excluding hydrogens is 314 g/mol. The van der Waals surface area contributed by atoms with Crippen molar-refractivity contribution in [2.45, 2.75) is 25.8 Å². The third-order valence-electron chi connectivity index (χ3n) is 2.72. The molecule has 2 aromatic rings. The highest BCUT2D eigenvalue weighted by Crippen LogP contribution is 2.23. The van der Waals surface area contributed by atoms with Crippen LogP contribution in [0.1, 0.15) is 19.8 Å². The fraction of sp³-hybridized carbons (Fsp3) is 0.385. The molecule has 2 aromatic heterocycles. The zero-order chi connectivity index (χ0) is 13.0. The number of hydrogen-bond acceptors (Lipinski definition) is 3. The lowest BCUT2D eigenvalue weighted by Crippen LogP contribution is -2.15. The second-order valence-corrected chi connectivity index (χ2v) is 5.55. The van der Waals surface area contributed by atoms with E-state index in [1.54, 1.807) is 12.4 Å². The van der Waals surface area contributed by atoms with E-state index < -0.39 is 0 Å². The van der Waals surface area contributed by atoms with E-state index in [4.69, 9.17) is 11.6 Å². The molecule has 0 amide bonds. The number of nitrogens with zero attached hydrogens (tertiary/aromatic N) is 2. The Hall–Kier alpha value is -0.870. The number of halogens is 2. The van der Waals surface area contributed by atoms with Crippen molar-refractivity contribution in [3.05, 3.63) is 29.0 Å². The fourth-order valence-electron chi connectivity index (χ4n) is 1.84. The van der Waals surface area contributed by atoms with Gasteiger partial charge in [-0.05, 0) is 47.8 Å². The summed E-state index contributed by atoms with van der Waals surface area (Å²) in [5.41, 5.74) is 2.81. The maximum Gasteiger partial charge on any atom is 0.112 e. The first-order chi connectivity index (χ1) is 8.70. The highest BCUT2D eigenvalue weighted by Gasteiger charge is 2.07. The molecular formula is C13H15BrClN3. The largest absolute Gasteiger partial charge is 0.381 e. The molecule has 96 valence electrons. The molecule has 0 saturated carbocycles. The number of nitrogens with one attached hydrogen (secondary N) is 1. The van der Waals surface area contributed by atoms with E-state index in [9.17, 15) is 0 Å². The van der Waals surface area contributed by atoms with Gasteiger partial charge in [0.05, 0.1) is 11.2 Å². The van der Waals surface area contributed by atoms with Crippen molar-refractivity contribution in [3.63, 3.8) is 0 Å².